The molecule has 0 saturated carbocycles. The van der Waals surface area contributed by atoms with Crippen LogP contribution in [0.5, 0.6) is 0 Å². The van der Waals surface area contributed by atoms with Gasteiger partial charge in [0.25, 0.3) is 0 Å². The second kappa shape index (κ2) is 7.77. The van der Waals surface area contributed by atoms with Gasteiger partial charge in [-0.05, 0) is 19.4 Å². The fourth-order valence-electron chi connectivity index (χ4n) is 2.55. The number of aryl methyl sites for hydroxylation is 2. The van der Waals surface area contributed by atoms with Crippen LogP contribution in [0.1, 0.15) is 27.8 Å². The topological polar surface area (TPSA) is 36.8 Å². The smallest absolute Gasteiger partial charge is 0.102 e. The van der Waals surface area contributed by atoms with E-state index in [0.29, 0.717) is 0 Å². The first-order chi connectivity index (χ1) is 10.2. The van der Waals surface area contributed by atoms with Gasteiger partial charge in [-0.15, -0.1) is 0 Å². The number of aliphatic hydroxyl groups is 1. The van der Waals surface area contributed by atoms with Crippen molar-refractivity contribution < 1.29 is 10.4 Å². The van der Waals surface area contributed by atoms with Crippen LogP contribution in [-0.4, -0.2) is 11.7 Å². The van der Waals surface area contributed by atoms with Crippen LogP contribution in [-0.2, 0) is 13.1 Å². The zero-order valence-electron chi connectivity index (χ0n) is 12.8. The molecule has 0 spiro atoms. The number of hydrogen-bond donors (Lipinski definition) is 2. The molecule has 0 bridgehead atoms. The van der Waals surface area contributed by atoms with Gasteiger partial charge in [0.15, 0.2) is 0 Å². The Morgan fingerprint density at radius 2 is 1.52 bits per heavy atom. The molecule has 0 radical (unpaired) electrons. The minimum absolute atomic E-state index is 0.0887. The molecule has 2 aromatic carbocycles. The lowest BCUT2D eigenvalue weighted by Gasteiger charge is -2.05. The third kappa shape index (κ3) is 5.18. The Bertz CT molecular complexity index is 579. The van der Waals surface area contributed by atoms with Crippen LogP contribution in [0.2, 0.25) is 0 Å². The number of hydrogen-bond acceptors (Lipinski definition) is 1. The third-order valence-electron chi connectivity index (χ3n) is 3.44. The number of quaternary nitrogens is 1. The summed E-state index contributed by atoms with van der Waals surface area (Å²) in [6.07, 6.45) is 3.68. The van der Waals surface area contributed by atoms with E-state index in [1.165, 1.54) is 22.3 Å². The predicted octanol–water partition coefficient (Wildman–Crippen LogP) is 2.57. The average molecular weight is 282 g/mol. The quantitative estimate of drug-likeness (QED) is 0.839. The van der Waals surface area contributed by atoms with E-state index in [9.17, 15) is 0 Å². The summed E-state index contributed by atoms with van der Waals surface area (Å²) < 4.78 is 0. The van der Waals surface area contributed by atoms with E-state index in [4.69, 9.17) is 5.11 Å². The number of nitrogens with two attached hydrogens (primary N) is 1. The molecule has 0 amide bonds. The molecule has 2 aromatic rings. The zero-order valence-corrected chi connectivity index (χ0v) is 12.8. The summed E-state index contributed by atoms with van der Waals surface area (Å²) in [5, 5.41) is 11.1. The van der Waals surface area contributed by atoms with Crippen molar-refractivity contribution in [2.75, 3.05) is 6.61 Å². The maximum absolute atomic E-state index is 8.75. The van der Waals surface area contributed by atoms with Crippen molar-refractivity contribution in [3.05, 3.63) is 76.4 Å². The molecule has 0 unspecified atom stereocenters. The first kappa shape index (κ1) is 15.5. The van der Waals surface area contributed by atoms with Gasteiger partial charge in [0.2, 0.25) is 0 Å². The fourth-order valence-corrected chi connectivity index (χ4v) is 2.55. The SMILES string of the molecule is Cc1cc(C)cc(C[NH2+]Cc2ccc(/C=C/CO)cc2)c1. The van der Waals surface area contributed by atoms with Gasteiger partial charge >= 0.3 is 0 Å². The van der Waals surface area contributed by atoms with Gasteiger partial charge in [0.05, 0.1) is 6.61 Å². The Morgan fingerprint density at radius 3 is 2.14 bits per heavy atom. The van der Waals surface area contributed by atoms with E-state index in [2.05, 4.69) is 61.6 Å². The molecule has 110 valence electrons. The molecule has 0 aliphatic heterocycles. The van der Waals surface area contributed by atoms with E-state index in [1.807, 2.05) is 6.08 Å². The molecule has 3 N–H and O–H groups in total. The van der Waals surface area contributed by atoms with Crippen molar-refractivity contribution in [1.82, 2.24) is 0 Å². The summed E-state index contributed by atoms with van der Waals surface area (Å²) in [5.41, 5.74) is 6.49. The highest BCUT2D eigenvalue weighted by atomic mass is 16.2. The van der Waals surface area contributed by atoms with Crippen molar-refractivity contribution in [2.24, 2.45) is 0 Å². The second-order valence-corrected chi connectivity index (χ2v) is 5.52. The minimum atomic E-state index is 0.0887. The molecule has 21 heavy (non-hydrogen) atoms. The van der Waals surface area contributed by atoms with Crippen molar-refractivity contribution in [2.45, 2.75) is 26.9 Å². The third-order valence-corrected chi connectivity index (χ3v) is 3.44. The highest BCUT2D eigenvalue weighted by Gasteiger charge is 2.00. The van der Waals surface area contributed by atoms with E-state index in [0.717, 1.165) is 18.7 Å². The molecule has 0 aromatic heterocycles. The average Bonchev–Trinajstić information content (AvgIpc) is 2.45. The molecule has 2 rings (SSSR count). The molecule has 0 fully saturated rings. The predicted molar refractivity (Wildman–Crippen MR) is 87.8 cm³/mol. The number of rotatable bonds is 6. The van der Waals surface area contributed by atoms with E-state index in [1.54, 1.807) is 6.08 Å². The normalized spacial score (nSPS) is 11.2. The molecule has 0 heterocycles. The van der Waals surface area contributed by atoms with Gasteiger partial charge in [-0.3, -0.25) is 0 Å². The summed E-state index contributed by atoms with van der Waals surface area (Å²) in [4.78, 5) is 0. The lowest BCUT2D eigenvalue weighted by molar-refractivity contribution is -0.686. The van der Waals surface area contributed by atoms with Gasteiger partial charge in [0.1, 0.15) is 13.1 Å². The van der Waals surface area contributed by atoms with Crippen LogP contribution in [0.4, 0.5) is 0 Å². The Balaban J connectivity index is 1.87. The van der Waals surface area contributed by atoms with Crippen molar-refractivity contribution >= 4 is 6.08 Å². The van der Waals surface area contributed by atoms with Gasteiger partial charge < -0.3 is 10.4 Å². The van der Waals surface area contributed by atoms with Crippen LogP contribution < -0.4 is 5.32 Å². The molecule has 2 heteroatoms. The summed E-state index contributed by atoms with van der Waals surface area (Å²) in [5.74, 6) is 0. The summed E-state index contributed by atoms with van der Waals surface area (Å²) in [7, 11) is 0. The highest BCUT2D eigenvalue weighted by Crippen LogP contribution is 2.08. The van der Waals surface area contributed by atoms with Crippen LogP contribution in [0, 0.1) is 13.8 Å². The van der Waals surface area contributed by atoms with E-state index < -0.39 is 0 Å². The Labute approximate surface area is 127 Å². The van der Waals surface area contributed by atoms with Gasteiger partial charge in [-0.2, -0.15) is 0 Å². The monoisotopic (exact) mass is 282 g/mol. The summed E-state index contributed by atoms with van der Waals surface area (Å²) >= 11 is 0. The van der Waals surface area contributed by atoms with E-state index in [-0.39, 0.29) is 6.61 Å². The van der Waals surface area contributed by atoms with Crippen LogP contribution in [0.15, 0.2) is 48.5 Å². The maximum atomic E-state index is 8.75. The summed E-state index contributed by atoms with van der Waals surface area (Å²) in [6.45, 7) is 6.38. The second-order valence-electron chi connectivity index (χ2n) is 5.52. The first-order valence-electron chi connectivity index (χ1n) is 7.42. The Hall–Kier alpha value is -1.90. The largest absolute Gasteiger partial charge is 0.392 e. The van der Waals surface area contributed by atoms with Gasteiger partial charge in [-0.25, -0.2) is 0 Å². The molecule has 2 nitrogen and oxygen atoms in total. The van der Waals surface area contributed by atoms with Crippen LogP contribution in [0.25, 0.3) is 6.08 Å². The first-order valence-corrected chi connectivity index (χ1v) is 7.42. The lowest BCUT2D eigenvalue weighted by Crippen LogP contribution is -2.80. The molecule has 0 atom stereocenters. The van der Waals surface area contributed by atoms with Crippen molar-refractivity contribution in [3.8, 4) is 0 Å². The molecular formula is C19H24NO+. The van der Waals surface area contributed by atoms with Crippen LogP contribution >= 0.6 is 0 Å². The minimum Gasteiger partial charge on any atom is -0.392 e. The van der Waals surface area contributed by atoms with Crippen molar-refractivity contribution in [1.29, 1.82) is 0 Å². The lowest BCUT2D eigenvalue weighted by atomic mass is 10.1. The van der Waals surface area contributed by atoms with E-state index >= 15 is 0 Å². The standard InChI is InChI=1S/C19H23NO/c1-15-10-16(2)12-19(11-15)14-20-13-18-7-5-17(6-8-18)4-3-9-21/h3-8,10-12,20-21H,9,13-14H2,1-2H3/p+1/b4-3+. The molecule has 0 saturated heterocycles. The summed E-state index contributed by atoms with van der Waals surface area (Å²) in [6, 6.07) is 15.2. The van der Waals surface area contributed by atoms with Crippen molar-refractivity contribution in [3.63, 3.8) is 0 Å². The Kier molecular flexibility index (Phi) is 5.73. The number of benzene rings is 2. The van der Waals surface area contributed by atoms with Crippen LogP contribution in [0.3, 0.4) is 0 Å². The zero-order chi connectivity index (χ0) is 15.1. The van der Waals surface area contributed by atoms with Gasteiger partial charge in [0, 0.05) is 11.1 Å². The van der Waals surface area contributed by atoms with Gasteiger partial charge in [-0.1, -0.05) is 65.7 Å². The molecule has 0 aliphatic rings. The highest BCUT2D eigenvalue weighted by molar-refractivity contribution is 5.49. The fraction of sp³-hybridized carbons (Fsp3) is 0.263. The number of aliphatic hydroxyl groups excluding tert-OH is 1. The Morgan fingerprint density at radius 1 is 0.905 bits per heavy atom. The maximum Gasteiger partial charge on any atom is 0.102 e. The molecular weight excluding hydrogens is 258 g/mol. The molecule has 0 aliphatic carbocycles.